The number of unbranched alkanes of at least 4 members (excludes halogenated alkanes) is 3. The van der Waals surface area contributed by atoms with E-state index in [4.69, 9.17) is 0 Å². The summed E-state index contributed by atoms with van der Waals surface area (Å²) < 4.78 is 0. The molecule has 3 heterocycles. The van der Waals surface area contributed by atoms with Crippen molar-refractivity contribution in [2.75, 3.05) is 32.7 Å². The van der Waals surface area contributed by atoms with Crippen LogP contribution in [0.25, 0.3) is 10.4 Å². The average molecular weight is 669 g/mol. The summed E-state index contributed by atoms with van der Waals surface area (Å²) in [4.78, 5) is 61.5. The summed E-state index contributed by atoms with van der Waals surface area (Å²) in [6, 6.07) is 5.97. The second kappa shape index (κ2) is 16.7. The highest BCUT2D eigenvalue weighted by atomic mass is 32.1. The number of aliphatic hydroxyl groups is 1. The molecule has 2 fully saturated rings. The number of aliphatic hydroxyl groups excluding tert-OH is 1. The number of thiazole rings is 1. The molecular formula is C35H52N6O5S. The van der Waals surface area contributed by atoms with Crippen molar-refractivity contribution < 1.29 is 24.3 Å². The molecule has 2 unspecified atom stereocenters. The molecule has 1 aromatic carbocycles. The van der Waals surface area contributed by atoms with Crippen LogP contribution in [0.4, 0.5) is 0 Å². The minimum atomic E-state index is -0.854. The minimum Gasteiger partial charge on any atom is -0.391 e. The Labute approximate surface area is 282 Å². The lowest BCUT2D eigenvalue weighted by atomic mass is 9.85. The fourth-order valence-electron chi connectivity index (χ4n) is 6.24. The van der Waals surface area contributed by atoms with Gasteiger partial charge in [-0.25, -0.2) is 4.98 Å². The molecule has 2 aromatic rings. The number of aromatic nitrogens is 1. The Balaban J connectivity index is 1.28. The monoisotopic (exact) mass is 668 g/mol. The topological polar surface area (TPSA) is 144 Å². The molecule has 11 nitrogen and oxygen atoms in total. The zero-order valence-corrected chi connectivity index (χ0v) is 29.3. The number of rotatable bonds is 13. The van der Waals surface area contributed by atoms with Crippen LogP contribution < -0.4 is 16.0 Å². The van der Waals surface area contributed by atoms with Crippen molar-refractivity contribution in [1.29, 1.82) is 0 Å². The van der Waals surface area contributed by atoms with E-state index in [0.717, 1.165) is 67.1 Å². The smallest absolute Gasteiger partial charge is 0.246 e. The number of hydrogen-bond acceptors (Lipinski definition) is 8. The van der Waals surface area contributed by atoms with E-state index in [9.17, 15) is 24.3 Å². The van der Waals surface area contributed by atoms with Gasteiger partial charge >= 0.3 is 0 Å². The summed E-state index contributed by atoms with van der Waals surface area (Å²) in [5.74, 6) is -0.729. The van der Waals surface area contributed by atoms with Gasteiger partial charge in [-0.3, -0.25) is 19.2 Å². The predicted molar refractivity (Wildman–Crippen MR) is 184 cm³/mol. The summed E-state index contributed by atoms with van der Waals surface area (Å²) in [6.07, 6.45) is 3.25. The maximum atomic E-state index is 13.9. The lowest BCUT2D eigenvalue weighted by Crippen LogP contribution is -2.57. The SMILES string of the molecule is Cc1ncsc1-c1ccc(C(C)NC(=O)[C@@H]2C[C@@H](O)CN2C(=O)C(NC(=O)CCCCCCC(=O)N2CCNCC2)C(C)(C)C)cc1. The normalized spacial score (nSPS) is 19.7. The van der Waals surface area contributed by atoms with Crippen LogP contribution >= 0.6 is 11.3 Å². The Morgan fingerprint density at radius 3 is 2.30 bits per heavy atom. The summed E-state index contributed by atoms with van der Waals surface area (Å²) in [5.41, 5.74) is 4.17. The number of piperazine rings is 1. The third-order valence-corrected chi connectivity index (χ3v) is 10.1. The largest absolute Gasteiger partial charge is 0.391 e. The van der Waals surface area contributed by atoms with Gasteiger partial charge in [-0.1, -0.05) is 57.9 Å². The fraction of sp³-hybridized carbons (Fsp3) is 0.629. The van der Waals surface area contributed by atoms with Crippen LogP contribution in [0.5, 0.6) is 0 Å². The van der Waals surface area contributed by atoms with Crippen molar-refractivity contribution >= 4 is 35.0 Å². The fourth-order valence-corrected chi connectivity index (χ4v) is 7.05. The Morgan fingerprint density at radius 1 is 1.02 bits per heavy atom. The van der Waals surface area contributed by atoms with Gasteiger partial charge in [0.25, 0.3) is 0 Å². The Morgan fingerprint density at radius 2 is 1.68 bits per heavy atom. The van der Waals surface area contributed by atoms with E-state index < -0.39 is 23.6 Å². The molecule has 258 valence electrons. The van der Waals surface area contributed by atoms with E-state index in [1.165, 1.54) is 4.90 Å². The minimum absolute atomic E-state index is 0.0311. The van der Waals surface area contributed by atoms with Crippen molar-refractivity contribution in [2.45, 2.75) is 104 Å². The first kappa shape index (κ1) is 36.5. The lowest BCUT2D eigenvalue weighted by Gasteiger charge is -2.35. The van der Waals surface area contributed by atoms with Crippen LogP contribution in [-0.2, 0) is 19.2 Å². The highest BCUT2D eigenvalue weighted by Gasteiger charge is 2.44. The average Bonchev–Trinajstić information content (AvgIpc) is 3.66. The first-order chi connectivity index (χ1) is 22.3. The molecule has 0 spiro atoms. The molecule has 0 bridgehead atoms. The highest BCUT2D eigenvalue weighted by molar-refractivity contribution is 7.13. The number of aryl methyl sites for hydroxylation is 1. The van der Waals surface area contributed by atoms with E-state index in [-0.39, 0.29) is 49.1 Å². The molecule has 4 N–H and O–H groups in total. The van der Waals surface area contributed by atoms with Gasteiger partial charge in [0.1, 0.15) is 12.1 Å². The summed E-state index contributed by atoms with van der Waals surface area (Å²) in [5, 5.41) is 19.7. The maximum Gasteiger partial charge on any atom is 0.246 e. The van der Waals surface area contributed by atoms with Crippen LogP contribution in [0.2, 0.25) is 0 Å². The molecular weight excluding hydrogens is 616 g/mol. The number of nitrogens with one attached hydrogen (secondary N) is 3. The predicted octanol–water partition coefficient (Wildman–Crippen LogP) is 3.56. The zero-order valence-electron chi connectivity index (χ0n) is 28.5. The Kier molecular flexibility index (Phi) is 12.9. The third kappa shape index (κ3) is 10.1. The van der Waals surface area contributed by atoms with Gasteiger partial charge in [0.15, 0.2) is 0 Å². The second-order valence-corrected chi connectivity index (χ2v) is 14.8. The number of nitrogens with zero attached hydrogens (tertiary/aromatic N) is 3. The number of likely N-dealkylation sites (tertiary alicyclic amines) is 1. The van der Waals surface area contributed by atoms with Gasteiger partial charge in [0, 0.05) is 52.0 Å². The number of carbonyl (C=O) groups excluding carboxylic acids is 4. The van der Waals surface area contributed by atoms with Crippen molar-refractivity contribution in [3.05, 3.63) is 41.0 Å². The molecule has 47 heavy (non-hydrogen) atoms. The van der Waals surface area contributed by atoms with E-state index in [2.05, 4.69) is 20.9 Å². The lowest BCUT2D eigenvalue weighted by molar-refractivity contribution is -0.144. The Bertz CT molecular complexity index is 1370. The highest BCUT2D eigenvalue weighted by Crippen LogP contribution is 2.29. The molecule has 0 aliphatic carbocycles. The van der Waals surface area contributed by atoms with E-state index in [1.807, 2.05) is 69.3 Å². The van der Waals surface area contributed by atoms with E-state index in [0.29, 0.717) is 12.8 Å². The number of benzene rings is 1. The van der Waals surface area contributed by atoms with Gasteiger partial charge in [0.2, 0.25) is 23.6 Å². The summed E-state index contributed by atoms with van der Waals surface area (Å²) in [7, 11) is 0. The molecule has 1 aromatic heterocycles. The molecule has 4 rings (SSSR count). The van der Waals surface area contributed by atoms with Crippen molar-refractivity contribution in [1.82, 2.24) is 30.7 Å². The van der Waals surface area contributed by atoms with Crippen LogP contribution in [0.1, 0.15) is 89.9 Å². The van der Waals surface area contributed by atoms with Gasteiger partial charge in [-0.2, -0.15) is 0 Å². The number of amides is 4. The van der Waals surface area contributed by atoms with Crippen LogP contribution in [0.3, 0.4) is 0 Å². The maximum absolute atomic E-state index is 13.9. The molecule has 12 heteroatoms. The number of carbonyl (C=O) groups is 4. The van der Waals surface area contributed by atoms with Gasteiger partial charge in [0.05, 0.1) is 28.2 Å². The van der Waals surface area contributed by atoms with Gasteiger partial charge in [-0.15, -0.1) is 11.3 Å². The Hall–Kier alpha value is -3.35. The first-order valence-corrected chi connectivity index (χ1v) is 17.8. The summed E-state index contributed by atoms with van der Waals surface area (Å²) >= 11 is 1.58. The van der Waals surface area contributed by atoms with Crippen molar-refractivity contribution in [2.24, 2.45) is 5.41 Å². The van der Waals surface area contributed by atoms with Crippen LogP contribution in [0.15, 0.2) is 29.8 Å². The quantitative estimate of drug-likeness (QED) is 0.239. The third-order valence-electron chi connectivity index (χ3n) is 9.07. The number of β-amino-alcohol motifs (C(OH)–C–C–N with tert-alkyl or cyclic N) is 1. The van der Waals surface area contributed by atoms with Crippen molar-refractivity contribution in [3.63, 3.8) is 0 Å². The molecule has 0 saturated carbocycles. The van der Waals surface area contributed by atoms with E-state index >= 15 is 0 Å². The standard InChI is InChI=1S/C35H52N6O5S/c1-23(25-12-14-26(15-13-25)31-24(2)37-22-47-31)38-33(45)28-20-27(42)21-41(28)34(46)32(35(3,4)5)39-29(43)10-8-6-7-9-11-30(44)40-18-16-36-17-19-40/h12-15,22-23,27-28,32,36,42H,6-11,16-21H2,1-5H3,(H,38,45)(H,39,43)/t23?,27-,28+,32?/m1/s1. The van der Waals surface area contributed by atoms with Crippen LogP contribution in [0, 0.1) is 12.3 Å². The van der Waals surface area contributed by atoms with Gasteiger partial charge in [-0.05, 0) is 43.2 Å². The molecule has 2 saturated heterocycles. The van der Waals surface area contributed by atoms with Crippen LogP contribution in [-0.4, -0.2) is 94.4 Å². The molecule has 4 atom stereocenters. The van der Waals surface area contributed by atoms with Gasteiger partial charge < -0.3 is 30.9 Å². The second-order valence-electron chi connectivity index (χ2n) is 13.9. The zero-order chi connectivity index (χ0) is 34.1. The van der Waals surface area contributed by atoms with E-state index in [1.54, 1.807) is 11.3 Å². The number of hydrogen-bond donors (Lipinski definition) is 4. The first-order valence-electron chi connectivity index (χ1n) is 16.9. The molecule has 4 amide bonds. The molecule has 2 aliphatic heterocycles. The molecule has 0 radical (unpaired) electrons. The summed E-state index contributed by atoms with van der Waals surface area (Å²) in [6.45, 7) is 12.7. The molecule has 2 aliphatic rings. The van der Waals surface area contributed by atoms with Crippen molar-refractivity contribution in [3.8, 4) is 10.4 Å².